The highest BCUT2D eigenvalue weighted by Gasteiger charge is 2.22. The van der Waals surface area contributed by atoms with Crippen LogP contribution in [0.5, 0.6) is 5.75 Å². The van der Waals surface area contributed by atoms with Crippen LogP contribution in [0, 0.1) is 5.92 Å². The summed E-state index contributed by atoms with van der Waals surface area (Å²) in [7, 11) is 0. The molecule has 0 bridgehead atoms. The number of hydrogen-bond acceptors (Lipinski definition) is 3. The number of ether oxygens (including phenoxy) is 1. The van der Waals surface area contributed by atoms with E-state index in [2.05, 4.69) is 12.2 Å². The molecule has 1 aliphatic rings. The van der Waals surface area contributed by atoms with Crippen molar-refractivity contribution in [2.24, 2.45) is 5.92 Å². The summed E-state index contributed by atoms with van der Waals surface area (Å²) in [4.78, 5) is 24.2. The second-order valence-electron chi connectivity index (χ2n) is 6.32. The van der Waals surface area contributed by atoms with Gasteiger partial charge in [-0.2, -0.15) is 0 Å². The number of amides is 1. The molecule has 0 spiro atoms. The van der Waals surface area contributed by atoms with E-state index < -0.39 is 0 Å². The maximum absolute atomic E-state index is 12.2. The minimum absolute atomic E-state index is 0.000101. The summed E-state index contributed by atoms with van der Waals surface area (Å²) >= 11 is 0. The molecule has 0 heterocycles. The molecule has 2 rings (SSSR count). The fraction of sp³-hybridized carbons (Fsp3) is 0.579. The van der Waals surface area contributed by atoms with Crippen LogP contribution in [0.1, 0.15) is 62.7 Å². The molecule has 0 aromatic heterocycles. The zero-order chi connectivity index (χ0) is 16.7. The smallest absolute Gasteiger partial charge is 0.220 e. The van der Waals surface area contributed by atoms with Crippen LogP contribution in [0.3, 0.4) is 0 Å². The molecule has 1 aromatic rings. The summed E-state index contributed by atoms with van der Waals surface area (Å²) in [6, 6.07) is 7.38. The van der Waals surface area contributed by atoms with Crippen LogP contribution in [0.4, 0.5) is 0 Å². The molecule has 2 atom stereocenters. The predicted molar refractivity (Wildman–Crippen MR) is 90.7 cm³/mol. The molecule has 1 aromatic carbocycles. The summed E-state index contributed by atoms with van der Waals surface area (Å²) in [5.41, 5.74) is 0.632. The van der Waals surface area contributed by atoms with Gasteiger partial charge in [-0.15, -0.1) is 0 Å². The lowest BCUT2D eigenvalue weighted by Gasteiger charge is -2.29. The number of carbonyl (C=O) groups is 2. The van der Waals surface area contributed by atoms with Crippen LogP contribution < -0.4 is 10.1 Å². The van der Waals surface area contributed by atoms with Gasteiger partial charge >= 0.3 is 0 Å². The fourth-order valence-corrected chi connectivity index (χ4v) is 3.08. The maximum Gasteiger partial charge on any atom is 0.220 e. The van der Waals surface area contributed by atoms with Gasteiger partial charge in [-0.05, 0) is 49.9 Å². The highest BCUT2D eigenvalue weighted by Crippen LogP contribution is 2.23. The van der Waals surface area contributed by atoms with Crippen molar-refractivity contribution in [3.8, 4) is 5.75 Å². The highest BCUT2D eigenvalue weighted by molar-refractivity contribution is 5.98. The van der Waals surface area contributed by atoms with E-state index in [1.807, 2.05) is 6.92 Å². The van der Waals surface area contributed by atoms with Gasteiger partial charge in [0.15, 0.2) is 5.78 Å². The van der Waals surface area contributed by atoms with Crippen molar-refractivity contribution in [2.75, 3.05) is 6.61 Å². The number of Topliss-reactive ketones (excluding diaryl/α,β-unsaturated/α-hetero) is 1. The minimum Gasteiger partial charge on any atom is -0.494 e. The Morgan fingerprint density at radius 1 is 1.13 bits per heavy atom. The third-order valence-electron chi connectivity index (χ3n) is 4.52. The standard InChI is InChI=1S/C19H27NO3/c1-3-23-16-10-8-15(9-11-16)18(21)12-13-19(22)20-17-7-5-4-6-14(17)2/h8-11,14,17H,3-7,12-13H2,1-2H3,(H,20,22)/t14-,17+/m0/s1. The second-order valence-corrected chi connectivity index (χ2v) is 6.32. The average molecular weight is 317 g/mol. The molecule has 0 aliphatic heterocycles. The Hall–Kier alpha value is -1.84. The fourth-order valence-electron chi connectivity index (χ4n) is 3.08. The van der Waals surface area contributed by atoms with Crippen molar-refractivity contribution in [1.29, 1.82) is 0 Å². The first kappa shape index (κ1) is 17.5. The third kappa shape index (κ3) is 5.38. The average Bonchev–Trinajstić information content (AvgIpc) is 2.56. The molecule has 23 heavy (non-hydrogen) atoms. The Balaban J connectivity index is 1.77. The molecular weight excluding hydrogens is 290 g/mol. The lowest BCUT2D eigenvalue weighted by Crippen LogP contribution is -2.41. The summed E-state index contributed by atoms with van der Waals surface area (Å²) in [5.74, 6) is 1.28. The molecule has 4 nitrogen and oxygen atoms in total. The summed E-state index contributed by atoms with van der Waals surface area (Å²) in [6.07, 6.45) is 5.18. The third-order valence-corrected chi connectivity index (χ3v) is 4.52. The van der Waals surface area contributed by atoms with Gasteiger partial charge in [0.1, 0.15) is 5.75 Å². The predicted octanol–water partition coefficient (Wildman–Crippen LogP) is 3.74. The molecule has 0 saturated heterocycles. The minimum atomic E-state index is -0.0111. The van der Waals surface area contributed by atoms with E-state index in [9.17, 15) is 9.59 Å². The van der Waals surface area contributed by atoms with Gasteiger partial charge < -0.3 is 10.1 Å². The topological polar surface area (TPSA) is 55.4 Å². The van der Waals surface area contributed by atoms with Gasteiger partial charge in [-0.25, -0.2) is 0 Å². The largest absolute Gasteiger partial charge is 0.494 e. The number of nitrogens with one attached hydrogen (secondary N) is 1. The van der Waals surface area contributed by atoms with Gasteiger partial charge in [0.25, 0.3) is 0 Å². The molecule has 126 valence electrons. The monoisotopic (exact) mass is 317 g/mol. The van der Waals surface area contributed by atoms with E-state index in [1.54, 1.807) is 24.3 Å². The number of rotatable bonds is 7. The Morgan fingerprint density at radius 2 is 1.83 bits per heavy atom. The van der Waals surface area contributed by atoms with E-state index >= 15 is 0 Å². The van der Waals surface area contributed by atoms with Crippen molar-refractivity contribution in [3.63, 3.8) is 0 Å². The number of benzene rings is 1. The highest BCUT2D eigenvalue weighted by atomic mass is 16.5. The van der Waals surface area contributed by atoms with Crippen LogP contribution in [0.25, 0.3) is 0 Å². The zero-order valence-electron chi connectivity index (χ0n) is 14.1. The quantitative estimate of drug-likeness (QED) is 0.779. The first-order valence-electron chi connectivity index (χ1n) is 8.65. The van der Waals surface area contributed by atoms with Gasteiger partial charge in [0.05, 0.1) is 6.61 Å². The molecule has 1 aliphatic carbocycles. The van der Waals surface area contributed by atoms with Crippen molar-refractivity contribution in [2.45, 2.75) is 58.4 Å². The van der Waals surface area contributed by atoms with E-state index in [1.165, 1.54) is 19.3 Å². The molecule has 1 N–H and O–H groups in total. The molecular formula is C19H27NO3. The molecule has 0 unspecified atom stereocenters. The molecule has 1 saturated carbocycles. The number of hydrogen-bond donors (Lipinski definition) is 1. The lowest BCUT2D eigenvalue weighted by atomic mass is 9.86. The van der Waals surface area contributed by atoms with Crippen LogP contribution in [-0.2, 0) is 4.79 Å². The SMILES string of the molecule is CCOc1ccc(C(=O)CCC(=O)N[C@@H]2CCCC[C@@H]2C)cc1. The van der Waals surface area contributed by atoms with Crippen molar-refractivity contribution in [1.82, 2.24) is 5.32 Å². The maximum atomic E-state index is 12.2. The summed E-state index contributed by atoms with van der Waals surface area (Å²) in [5, 5.41) is 3.09. The van der Waals surface area contributed by atoms with Gasteiger partial charge in [-0.3, -0.25) is 9.59 Å². The van der Waals surface area contributed by atoms with Crippen LogP contribution >= 0.6 is 0 Å². The number of carbonyl (C=O) groups excluding carboxylic acids is 2. The zero-order valence-corrected chi connectivity index (χ0v) is 14.1. The van der Waals surface area contributed by atoms with Gasteiger partial charge in [0, 0.05) is 24.4 Å². The van der Waals surface area contributed by atoms with E-state index in [4.69, 9.17) is 4.74 Å². The Labute approximate surface area is 138 Å². The van der Waals surface area contributed by atoms with Crippen molar-refractivity contribution in [3.05, 3.63) is 29.8 Å². The van der Waals surface area contributed by atoms with Gasteiger partial charge in [0.2, 0.25) is 5.91 Å². The first-order valence-corrected chi connectivity index (χ1v) is 8.65. The molecule has 1 fully saturated rings. The molecule has 4 heteroatoms. The Morgan fingerprint density at radius 3 is 2.48 bits per heavy atom. The van der Waals surface area contributed by atoms with Crippen LogP contribution in [0.15, 0.2) is 24.3 Å². The van der Waals surface area contributed by atoms with Crippen molar-refractivity contribution >= 4 is 11.7 Å². The normalized spacial score (nSPS) is 20.8. The molecule has 0 radical (unpaired) electrons. The Kier molecular flexibility index (Phi) is 6.63. The second kappa shape index (κ2) is 8.70. The summed E-state index contributed by atoms with van der Waals surface area (Å²) < 4.78 is 5.36. The van der Waals surface area contributed by atoms with E-state index in [0.29, 0.717) is 18.1 Å². The summed E-state index contributed by atoms with van der Waals surface area (Å²) in [6.45, 7) is 4.72. The Bertz CT molecular complexity index is 524. The lowest BCUT2D eigenvalue weighted by molar-refractivity contribution is -0.122. The van der Waals surface area contributed by atoms with E-state index in [-0.39, 0.29) is 30.6 Å². The number of ketones is 1. The first-order chi connectivity index (χ1) is 11.1. The van der Waals surface area contributed by atoms with Gasteiger partial charge in [-0.1, -0.05) is 19.8 Å². The van der Waals surface area contributed by atoms with Crippen molar-refractivity contribution < 1.29 is 14.3 Å². The molecule has 1 amide bonds. The van der Waals surface area contributed by atoms with Crippen LogP contribution in [0.2, 0.25) is 0 Å². The van der Waals surface area contributed by atoms with Crippen LogP contribution in [-0.4, -0.2) is 24.3 Å². The van der Waals surface area contributed by atoms with E-state index in [0.717, 1.165) is 12.2 Å².